The van der Waals surface area contributed by atoms with Crippen LogP contribution in [0.5, 0.6) is 0 Å². The summed E-state index contributed by atoms with van der Waals surface area (Å²) in [6.45, 7) is 5.44. The van der Waals surface area contributed by atoms with E-state index in [0.717, 1.165) is 0 Å². The van der Waals surface area contributed by atoms with Gasteiger partial charge in [-0.2, -0.15) is 0 Å². The van der Waals surface area contributed by atoms with Gasteiger partial charge >= 0.3 is 0 Å². The molecule has 0 heterocycles. The fourth-order valence-corrected chi connectivity index (χ4v) is 1.61. The predicted molar refractivity (Wildman–Crippen MR) is 62.5 cm³/mol. The Kier molecular flexibility index (Phi) is 11.1. The molecule has 0 aromatic rings. The molecule has 0 atom stereocenters. The fourth-order valence-electron chi connectivity index (χ4n) is 0.712. The second-order valence-electron chi connectivity index (χ2n) is 2.58. The van der Waals surface area contributed by atoms with Crippen LogP contribution in [-0.2, 0) is 14.6 Å². The molecule has 0 aromatic heterocycles. The number of amides is 1. The van der Waals surface area contributed by atoms with Crippen molar-refractivity contribution in [2.75, 3.05) is 24.7 Å². The first-order valence-corrected chi connectivity index (χ1v) is 6.92. The van der Waals surface area contributed by atoms with Gasteiger partial charge in [0, 0.05) is 14.4 Å². The molecule has 94 valence electrons. The first kappa shape index (κ1) is 16.8. The SMILES string of the molecule is CC.CCC(=O)NCCS(=O)(=O)CCO.[HH]. The summed E-state index contributed by atoms with van der Waals surface area (Å²) in [5, 5.41) is 10.8. The van der Waals surface area contributed by atoms with E-state index in [1.165, 1.54) is 0 Å². The molecule has 1 amide bonds. The molecule has 0 unspecified atom stereocenters. The summed E-state index contributed by atoms with van der Waals surface area (Å²) < 4.78 is 22.0. The van der Waals surface area contributed by atoms with Crippen molar-refractivity contribution in [2.45, 2.75) is 27.2 Å². The molecule has 0 aromatic carbocycles. The Morgan fingerprint density at radius 1 is 1.33 bits per heavy atom. The van der Waals surface area contributed by atoms with Crippen LogP contribution in [0.4, 0.5) is 0 Å². The molecule has 0 fully saturated rings. The average Bonchev–Trinajstić information content (AvgIpc) is 2.20. The highest BCUT2D eigenvalue weighted by Gasteiger charge is 2.09. The summed E-state index contributed by atoms with van der Waals surface area (Å²) in [4.78, 5) is 10.7. The van der Waals surface area contributed by atoms with Crippen molar-refractivity contribution in [3.05, 3.63) is 0 Å². The summed E-state index contributed by atoms with van der Waals surface area (Å²) in [5.41, 5.74) is 0. The molecule has 2 N–H and O–H groups in total. The van der Waals surface area contributed by atoms with E-state index in [4.69, 9.17) is 5.11 Å². The lowest BCUT2D eigenvalue weighted by atomic mass is 10.4. The number of aliphatic hydroxyl groups excluding tert-OH is 1. The standard InChI is InChI=1S/C7H15NO4S.C2H6.H2/c1-2-7(10)8-3-5-13(11,12)6-4-9;1-2;/h9H,2-6H2,1H3,(H,8,10);1-2H3;1H. The molecule has 0 bridgehead atoms. The third kappa shape index (κ3) is 11.3. The van der Waals surface area contributed by atoms with E-state index in [-0.39, 0.29) is 32.0 Å². The van der Waals surface area contributed by atoms with Crippen LogP contribution in [-0.4, -0.2) is 44.1 Å². The number of aliphatic hydroxyl groups is 1. The lowest BCUT2D eigenvalue weighted by Gasteiger charge is -2.03. The zero-order valence-electron chi connectivity index (χ0n) is 9.62. The van der Waals surface area contributed by atoms with Gasteiger partial charge in [0.15, 0.2) is 9.84 Å². The summed E-state index contributed by atoms with van der Waals surface area (Å²) in [6.07, 6.45) is 0.347. The first-order chi connectivity index (χ1) is 7.02. The maximum Gasteiger partial charge on any atom is 0.219 e. The van der Waals surface area contributed by atoms with Crippen LogP contribution in [0.2, 0.25) is 0 Å². The van der Waals surface area contributed by atoms with Crippen molar-refractivity contribution in [3.8, 4) is 0 Å². The summed E-state index contributed by atoms with van der Waals surface area (Å²) in [5.74, 6) is -0.520. The monoisotopic (exact) mass is 241 g/mol. The number of hydrogen-bond donors (Lipinski definition) is 2. The van der Waals surface area contributed by atoms with Crippen LogP contribution in [0.15, 0.2) is 0 Å². The lowest BCUT2D eigenvalue weighted by Crippen LogP contribution is -2.29. The molecule has 0 aliphatic heterocycles. The first-order valence-electron chi connectivity index (χ1n) is 5.10. The van der Waals surface area contributed by atoms with Gasteiger partial charge in [-0.15, -0.1) is 0 Å². The molecule has 5 nitrogen and oxygen atoms in total. The third-order valence-electron chi connectivity index (χ3n) is 1.46. The van der Waals surface area contributed by atoms with Gasteiger partial charge in [0.1, 0.15) is 0 Å². The van der Waals surface area contributed by atoms with Crippen molar-refractivity contribution < 1.29 is 19.7 Å². The summed E-state index contributed by atoms with van der Waals surface area (Å²) in [7, 11) is -3.20. The summed E-state index contributed by atoms with van der Waals surface area (Å²) in [6, 6.07) is 0. The van der Waals surface area contributed by atoms with Crippen molar-refractivity contribution >= 4 is 15.7 Å². The number of carbonyl (C=O) groups is 1. The van der Waals surface area contributed by atoms with Crippen molar-refractivity contribution in [2.24, 2.45) is 0 Å². The van der Waals surface area contributed by atoms with Gasteiger partial charge in [0.2, 0.25) is 5.91 Å². The smallest absolute Gasteiger partial charge is 0.219 e. The van der Waals surface area contributed by atoms with Crippen LogP contribution in [0.3, 0.4) is 0 Å². The zero-order valence-corrected chi connectivity index (χ0v) is 10.4. The van der Waals surface area contributed by atoms with Crippen molar-refractivity contribution in [3.63, 3.8) is 0 Å². The molecule has 0 saturated heterocycles. The molecule has 0 saturated carbocycles. The second kappa shape index (κ2) is 9.92. The van der Waals surface area contributed by atoms with E-state index < -0.39 is 9.84 Å². The average molecular weight is 241 g/mol. The summed E-state index contributed by atoms with van der Waals surface area (Å²) >= 11 is 0. The maximum absolute atomic E-state index is 11.0. The largest absolute Gasteiger partial charge is 0.395 e. The van der Waals surface area contributed by atoms with E-state index in [9.17, 15) is 13.2 Å². The molecule has 0 rings (SSSR count). The Labute approximate surface area is 93.3 Å². The van der Waals surface area contributed by atoms with Crippen LogP contribution in [0.25, 0.3) is 0 Å². The van der Waals surface area contributed by atoms with E-state index in [0.29, 0.717) is 6.42 Å². The van der Waals surface area contributed by atoms with Gasteiger partial charge in [-0.05, 0) is 0 Å². The van der Waals surface area contributed by atoms with Gasteiger partial charge in [0.25, 0.3) is 0 Å². The van der Waals surface area contributed by atoms with Crippen molar-refractivity contribution in [1.29, 1.82) is 0 Å². The van der Waals surface area contributed by atoms with Crippen molar-refractivity contribution in [1.82, 2.24) is 5.32 Å². The van der Waals surface area contributed by atoms with Gasteiger partial charge in [0.05, 0.1) is 18.1 Å². The van der Waals surface area contributed by atoms with Gasteiger partial charge in [-0.1, -0.05) is 20.8 Å². The topological polar surface area (TPSA) is 83.5 Å². The Morgan fingerprint density at radius 2 is 1.87 bits per heavy atom. The third-order valence-corrected chi connectivity index (χ3v) is 3.09. The highest BCUT2D eigenvalue weighted by atomic mass is 32.2. The van der Waals surface area contributed by atoms with Crippen LogP contribution < -0.4 is 5.32 Å². The Morgan fingerprint density at radius 3 is 2.27 bits per heavy atom. The van der Waals surface area contributed by atoms with Crippen LogP contribution in [0, 0.1) is 0 Å². The van der Waals surface area contributed by atoms with Crippen LogP contribution >= 0.6 is 0 Å². The zero-order chi connectivity index (χ0) is 12.3. The minimum atomic E-state index is -3.20. The molecule has 0 radical (unpaired) electrons. The molecular formula is C9H23NO4S. The molecule has 15 heavy (non-hydrogen) atoms. The number of hydrogen-bond acceptors (Lipinski definition) is 4. The number of sulfone groups is 1. The predicted octanol–water partition coefficient (Wildman–Crippen LogP) is 0.192. The Bertz CT molecular complexity index is 254. The van der Waals surface area contributed by atoms with Gasteiger partial charge in [-0.25, -0.2) is 8.42 Å². The quantitative estimate of drug-likeness (QED) is 0.695. The number of rotatable bonds is 6. The highest BCUT2D eigenvalue weighted by molar-refractivity contribution is 7.91. The Hall–Kier alpha value is -0.620. The van der Waals surface area contributed by atoms with E-state index in [1.807, 2.05) is 13.8 Å². The highest BCUT2D eigenvalue weighted by Crippen LogP contribution is 1.87. The lowest BCUT2D eigenvalue weighted by molar-refractivity contribution is -0.120. The fraction of sp³-hybridized carbons (Fsp3) is 0.889. The van der Waals surface area contributed by atoms with E-state index >= 15 is 0 Å². The van der Waals surface area contributed by atoms with E-state index in [1.54, 1.807) is 6.92 Å². The minimum Gasteiger partial charge on any atom is -0.395 e. The normalized spacial score (nSPS) is 10.1. The molecular weight excluding hydrogens is 218 g/mol. The van der Waals surface area contributed by atoms with Gasteiger partial charge < -0.3 is 10.4 Å². The molecule has 6 heteroatoms. The second-order valence-corrected chi connectivity index (χ2v) is 4.88. The number of carbonyl (C=O) groups excluding carboxylic acids is 1. The molecule has 0 aliphatic carbocycles. The minimum absolute atomic E-state index is 0. The van der Waals surface area contributed by atoms with E-state index in [2.05, 4.69) is 5.32 Å². The molecule has 0 aliphatic rings. The number of nitrogens with one attached hydrogen (secondary N) is 1. The maximum atomic E-state index is 11.0. The molecule has 0 spiro atoms. The van der Waals surface area contributed by atoms with Gasteiger partial charge in [-0.3, -0.25) is 4.79 Å². The Balaban J connectivity index is -0.000000529. The van der Waals surface area contributed by atoms with Crippen LogP contribution in [0.1, 0.15) is 28.6 Å².